The average Bonchev–Trinajstić information content (AvgIpc) is 3.01. The minimum absolute atomic E-state index is 0.0435. The summed E-state index contributed by atoms with van der Waals surface area (Å²) in [5.41, 5.74) is 1.48. The first-order valence-electron chi connectivity index (χ1n) is 10.2. The van der Waals surface area contributed by atoms with Gasteiger partial charge in [0.15, 0.2) is 17.5 Å². The Morgan fingerprint density at radius 3 is 2.65 bits per heavy atom. The van der Waals surface area contributed by atoms with Crippen LogP contribution in [-0.4, -0.2) is 44.0 Å². The maximum atomic E-state index is 12.3. The van der Waals surface area contributed by atoms with Crippen LogP contribution in [0.4, 0.5) is 8.78 Å². The molecule has 0 saturated carbocycles. The Morgan fingerprint density at radius 2 is 1.90 bits per heavy atom. The number of para-hydroxylation sites is 1. The molecule has 1 heterocycles. The van der Waals surface area contributed by atoms with Crippen molar-refractivity contribution in [3.05, 3.63) is 53.6 Å². The van der Waals surface area contributed by atoms with Crippen LogP contribution in [0.15, 0.2) is 47.5 Å². The van der Waals surface area contributed by atoms with E-state index in [1.165, 1.54) is 12.1 Å². The summed E-state index contributed by atoms with van der Waals surface area (Å²) in [6, 6.07) is 11.6. The molecule has 1 aliphatic heterocycles. The Kier molecular flexibility index (Phi) is 8.28. The van der Waals surface area contributed by atoms with Crippen LogP contribution in [-0.2, 0) is 6.54 Å². The van der Waals surface area contributed by atoms with E-state index < -0.39 is 12.7 Å². The van der Waals surface area contributed by atoms with Gasteiger partial charge in [-0.2, -0.15) is 8.78 Å². The summed E-state index contributed by atoms with van der Waals surface area (Å²) in [6.07, 6.45) is -0.0245. The third-order valence-electron chi connectivity index (χ3n) is 4.56. The normalized spacial score (nSPS) is 14.7. The van der Waals surface area contributed by atoms with Gasteiger partial charge in [-0.25, -0.2) is 4.99 Å². The fraction of sp³-hybridized carbons (Fsp3) is 0.409. The van der Waals surface area contributed by atoms with E-state index in [-0.39, 0.29) is 12.3 Å². The van der Waals surface area contributed by atoms with Crippen LogP contribution >= 0.6 is 0 Å². The minimum atomic E-state index is -2.88. The zero-order valence-corrected chi connectivity index (χ0v) is 17.3. The molecule has 1 unspecified atom stereocenters. The third-order valence-corrected chi connectivity index (χ3v) is 4.56. The Bertz CT molecular complexity index is 862. The van der Waals surface area contributed by atoms with E-state index in [2.05, 4.69) is 20.4 Å². The van der Waals surface area contributed by atoms with Crippen LogP contribution in [0.5, 0.6) is 17.2 Å². The number of guanidine groups is 1. The Hall–Kier alpha value is -3.07. The number of fused-ring (bicyclic) bond motifs is 1. The summed E-state index contributed by atoms with van der Waals surface area (Å²) in [4.78, 5) is 4.58. The van der Waals surface area contributed by atoms with Crippen molar-refractivity contribution in [2.45, 2.75) is 32.6 Å². The average molecular weight is 435 g/mol. The lowest BCUT2D eigenvalue weighted by Crippen LogP contribution is -2.39. The van der Waals surface area contributed by atoms with Crippen molar-refractivity contribution in [2.75, 3.05) is 26.3 Å². The van der Waals surface area contributed by atoms with Crippen molar-refractivity contribution in [2.24, 2.45) is 4.99 Å². The summed E-state index contributed by atoms with van der Waals surface area (Å²) in [5.74, 6) is 2.01. The standard InChI is InChI=1S/C22H27F2N3O4/c1-2-25-22(26-13-16-5-3-6-19-20(16)30-12-4-11-29-19)27-14-18(28)15-7-9-17(10-8-15)31-21(23)24/h3,5-10,18,21,28H,2,4,11-14H2,1H3,(H2,25,26,27). The molecule has 2 aromatic carbocycles. The van der Waals surface area contributed by atoms with Crippen LogP contribution in [0.3, 0.4) is 0 Å². The first-order chi connectivity index (χ1) is 15.1. The maximum absolute atomic E-state index is 12.3. The number of aliphatic imine (C=N–C) groups is 1. The predicted octanol–water partition coefficient (Wildman–Crippen LogP) is 3.24. The lowest BCUT2D eigenvalue weighted by atomic mass is 10.1. The molecule has 31 heavy (non-hydrogen) atoms. The van der Waals surface area contributed by atoms with Crippen LogP contribution in [0, 0.1) is 0 Å². The molecule has 0 aromatic heterocycles. The van der Waals surface area contributed by atoms with Crippen molar-refractivity contribution in [1.29, 1.82) is 0 Å². The van der Waals surface area contributed by atoms with Crippen LogP contribution in [0.1, 0.15) is 30.6 Å². The number of nitrogens with zero attached hydrogens (tertiary/aromatic N) is 1. The molecule has 1 atom stereocenters. The van der Waals surface area contributed by atoms with Gasteiger partial charge in [0.25, 0.3) is 0 Å². The predicted molar refractivity (Wildman–Crippen MR) is 113 cm³/mol. The van der Waals surface area contributed by atoms with Crippen molar-refractivity contribution in [3.63, 3.8) is 0 Å². The van der Waals surface area contributed by atoms with Crippen LogP contribution < -0.4 is 24.8 Å². The van der Waals surface area contributed by atoms with Crippen molar-refractivity contribution in [3.8, 4) is 17.2 Å². The zero-order chi connectivity index (χ0) is 22.1. The molecule has 9 heteroatoms. The van der Waals surface area contributed by atoms with Crippen molar-refractivity contribution >= 4 is 5.96 Å². The molecule has 2 aromatic rings. The van der Waals surface area contributed by atoms with Gasteiger partial charge in [0.2, 0.25) is 0 Å². The van der Waals surface area contributed by atoms with Gasteiger partial charge in [-0.15, -0.1) is 0 Å². The largest absolute Gasteiger partial charge is 0.490 e. The molecule has 0 spiro atoms. The second-order valence-electron chi connectivity index (χ2n) is 6.83. The number of aliphatic hydroxyl groups excluding tert-OH is 1. The maximum Gasteiger partial charge on any atom is 0.387 e. The third kappa shape index (κ3) is 6.71. The summed E-state index contributed by atoms with van der Waals surface area (Å²) >= 11 is 0. The lowest BCUT2D eigenvalue weighted by molar-refractivity contribution is -0.0498. The number of rotatable bonds is 8. The van der Waals surface area contributed by atoms with E-state index in [0.29, 0.717) is 43.6 Å². The van der Waals surface area contributed by atoms with Gasteiger partial charge in [-0.05, 0) is 30.7 Å². The summed E-state index contributed by atoms with van der Waals surface area (Å²) in [7, 11) is 0. The molecule has 0 aliphatic carbocycles. The zero-order valence-electron chi connectivity index (χ0n) is 17.3. The van der Waals surface area contributed by atoms with Gasteiger partial charge in [0.1, 0.15) is 5.75 Å². The number of aliphatic hydroxyl groups is 1. The number of halogens is 2. The van der Waals surface area contributed by atoms with Crippen LogP contribution in [0.2, 0.25) is 0 Å². The molecule has 0 radical (unpaired) electrons. The molecule has 0 bridgehead atoms. The fourth-order valence-corrected chi connectivity index (χ4v) is 3.07. The van der Waals surface area contributed by atoms with Crippen molar-refractivity contribution < 1.29 is 28.1 Å². The first-order valence-corrected chi connectivity index (χ1v) is 10.2. The molecular weight excluding hydrogens is 408 g/mol. The monoisotopic (exact) mass is 435 g/mol. The first kappa shape index (κ1) is 22.6. The molecule has 0 fully saturated rings. The highest BCUT2D eigenvalue weighted by Crippen LogP contribution is 2.33. The Balaban J connectivity index is 1.61. The number of ether oxygens (including phenoxy) is 3. The van der Waals surface area contributed by atoms with E-state index >= 15 is 0 Å². The molecule has 168 valence electrons. The smallest absolute Gasteiger partial charge is 0.387 e. The van der Waals surface area contributed by atoms with Gasteiger partial charge in [0, 0.05) is 25.1 Å². The Morgan fingerprint density at radius 1 is 1.13 bits per heavy atom. The highest BCUT2D eigenvalue weighted by molar-refractivity contribution is 5.79. The summed E-state index contributed by atoms with van der Waals surface area (Å²) < 4.78 is 40.4. The number of alkyl halides is 2. The summed E-state index contributed by atoms with van der Waals surface area (Å²) in [5, 5.41) is 16.6. The fourth-order valence-electron chi connectivity index (χ4n) is 3.07. The van der Waals surface area contributed by atoms with Crippen molar-refractivity contribution in [1.82, 2.24) is 10.6 Å². The highest BCUT2D eigenvalue weighted by atomic mass is 19.3. The summed E-state index contributed by atoms with van der Waals surface area (Å²) in [6.45, 7) is 1.49. The molecule has 3 N–H and O–H groups in total. The topological polar surface area (TPSA) is 84.3 Å². The quantitative estimate of drug-likeness (QED) is 0.436. The van der Waals surface area contributed by atoms with Gasteiger partial charge in [-0.3, -0.25) is 0 Å². The number of hydrogen-bond acceptors (Lipinski definition) is 5. The van der Waals surface area contributed by atoms with E-state index in [0.717, 1.165) is 17.7 Å². The van der Waals surface area contributed by atoms with E-state index in [1.807, 2.05) is 25.1 Å². The molecule has 1 aliphatic rings. The number of hydrogen-bond donors (Lipinski definition) is 3. The van der Waals surface area contributed by atoms with Gasteiger partial charge < -0.3 is 30.0 Å². The SMILES string of the molecule is CCNC(=NCc1cccc2c1OCCCO2)NCC(O)c1ccc(OC(F)F)cc1. The van der Waals surface area contributed by atoms with E-state index in [4.69, 9.17) is 9.47 Å². The molecular formula is C22H27F2N3O4. The highest BCUT2D eigenvalue weighted by Gasteiger charge is 2.15. The Labute approximate surface area is 180 Å². The molecule has 0 saturated heterocycles. The van der Waals surface area contributed by atoms with E-state index in [1.54, 1.807) is 12.1 Å². The molecule has 0 amide bonds. The number of nitrogens with one attached hydrogen (secondary N) is 2. The van der Waals surface area contributed by atoms with Gasteiger partial charge in [0.05, 0.1) is 25.9 Å². The van der Waals surface area contributed by atoms with Gasteiger partial charge >= 0.3 is 6.61 Å². The second-order valence-corrected chi connectivity index (χ2v) is 6.83. The molecule has 3 rings (SSSR count). The number of benzene rings is 2. The van der Waals surface area contributed by atoms with E-state index in [9.17, 15) is 13.9 Å². The lowest BCUT2D eigenvalue weighted by Gasteiger charge is -2.16. The molecule has 7 nitrogen and oxygen atoms in total. The van der Waals surface area contributed by atoms with Gasteiger partial charge in [-0.1, -0.05) is 24.3 Å². The minimum Gasteiger partial charge on any atom is -0.490 e. The second kappa shape index (κ2) is 11.4. The van der Waals surface area contributed by atoms with Crippen LogP contribution in [0.25, 0.3) is 0 Å².